The predicted molar refractivity (Wildman–Crippen MR) is 171 cm³/mol. The molecule has 3 aromatic rings. The number of carbonyl (C=O) groups is 1. The zero-order valence-corrected chi connectivity index (χ0v) is 25.6. The number of hydrogen-bond acceptors (Lipinski definition) is 9. The molecule has 0 spiro atoms. The molecule has 2 aromatic carbocycles. The van der Waals surface area contributed by atoms with Gasteiger partial charge in [-0.15, -0.1) is 0 Å². The Labute approximate surface area is 259 Å². The number of ether oxygens (including phenoxy) is 2. The lowest BCUT2D eigenvalue weighted by Gasteiger charge is -2.42. The number of rotatable bonds is 9. The molecular weight excluding hydrogens is 554 g/mol. The first-order valence-corrected chi connectivity index (χ1v) is 15.7. The van der Waals surface area contributed by atoms with Gasteiger partial charge in [0.2, 0.25) is 5.91 Å². The van der Waals surface area contributed by atoms with Crippen LogP contribution in [0.25, 0.3) is 10.8 Å². The van der Waals surface area contributed by atoms with Crippen molar-refractivity contribution in [1.29, 1.82) is 5.26 Å². The highest BCUT2D eigenvalue weighted by atomic mass is 16.5. The maximum atomic E-state index is 12.5. The van der Waals surface area contributed by atoms with Gasteiger partial charge < -0.3 is 24.2 Å². The van der Waals surface area contributed by atoms with Crippen LogP contribution in [-0.4, -0.2) is 97.4 Å². The van der Waals surface area contributed by atoms with Crippen LogP contribution in [-0.2, 0) is 22.5 Å². The minimum Gasteiger partial charge on any atom is -0.463 e. The van der Waals surface area contributed by atoms with Gasteiger partial charge >= 0.3 is 6.01 Å². The van der Waals surface area contributed by atoms with E-state index in [1.165, 1.54) is 28.1 Å². The minimum absolute atomic E-state index is 0.139. The van der Waals surface area contributed by atoms with E-state index < -0.39 is 0 Å². The van der Waals surface area contributed by atoms with E-state index in [2.05, 4.69) is 70.7 Å². The molecule has 0 unspecified atom stereocenters. The second-order valence-electron chi connectivity index (χ2n) is 11.7. The van der Waals surface area contributed by atoms with Crippen molar-refractivity contribution in [2.75, 3.05) is 75.4 Å². The van der Waals surface area contributed by atoms with Crippen LogP contribution in [0.15, 0.2) is 49.1 Å². The highest BCUT2D eigenvalue weighted by molar-refractivity contribution is 5.97. The van der Waals surface area contributed by atoms with Gasteiger partial charge in [-0.2, -0.15) is 15.2 Å². The fourth-order valence-corrected chi connectivity index (χ4v) is 6.70. The fourth-order valence-electron chi connectivity index (χ4n) is 6.70. The monoisotopic (exact) mass is 595 g/mol. The maximum absolute atomic E-state index is 12.5. The number of carbonyl (C=O) groups excluding carboxylic acids is 1. The van der Waals surface area contributed by atoms with Crippen molar-refractivity contribution in [1.82, 2.24) is 19.8 Å². The number of aryl methyl sites for hydroxylation is 1. The van der Waals surface area contributed by atoms with Crippen molar-refractivity contribution >= 4 is 28.2 Å². The number of amides is 1. The van der Waals surface area contributed by atoms with Crippen LogP contribution in [0, 0.1) is 18.3 Å². The summed E-state index contributed by atoms with van der Waals surface area (Å²) in [5.74, 6) is 0.723. The van der Waals surface area contributed by atoms with Gasteiger partial charge in [-0.1, -0.05) is 36.9 Å². The number of piperazine rings is 1. The van der Waals surface area contributed by atoms with Crippen molar-refractivity contribution in [2.45, 2.75) is 38.8 Å². The highest BCUT2D eigenvalue weighted by Gasteiger charge is 2.33. The summed E-state index contributed by atoms with van der Waals surface area (Å²) < 4.78 is 11.7. The first-order chi connectivity index (χ1) is 21.6. The molecule has 0 N–H and O–H groups in total. The number of nitrogens with zero attached hydrogens (tertiary/aromatic N) is 7. The first-order valence-electron chi connectivity index (χ1n) is 15.7. The van der Waals surface area contributed by atoms with Gasteiger partial charge in [0.05, 0.1) is 50.6 Å². The Kier molecular flexibility index (Phi) is 9.24. The third-order valence-corrected chi connectivity index (χ3v) is 8.97. The van der Waals surface area contributed by atoms with E-state index >= 15 is 0 Å². The lowest BCUT2D eigenvalue weighted by molar-refractivity contribution is -0.128. The number of nitriles is 1. The molecule has 3 aliphatic rings. The minimum atomic E-state index is -0.235. The average molecular weight is 596 g/mol. The van der Waals surface area contributed by atoms with Crippen LogP contribution >= 0.6 is 0 Å². The van der Waals surface area contributed by atoms with Gasteiger partial charge in [-0.3, -0.25) is 9.69 Å². The molecule has 1 amide bonds. The number of fused-ring (bicyclic) bond motifs is 2. The molecule has 0 bridgehead atoms. The second kappa shape index (κ2) is 13.6. The summed E-state index contributed by atoms with van der Waals surface area (Å²) in [6.07, 6.45) is 3.25. The Bertz CT molecular complexity index is 1540. The quantitative estimate of drug-likeness (QED) is 0.271. The zero-order valence-electron chi connectivity index (χ0n) is 25.6. The van der Waals surface area contributed by atoms with Crippen molar-refractivity contribution in [3.63, 3.8) is 0 Å². The van der Waals surface area contributed by atoms with Crippen LogP contribution in [0.2, 0.25) is 0 Å². The first kappa shape index (κ1) is 29.9. The zero-order chi connectivity index (χ0) is 30.5. The maximum Gasteiger partial charge on any atom is 0.318 e. The Morgan fingerprint density at radius 3 is 2.73 bits per heavy atom. The van der Waals surface area contributed by atoms with Crippen molar-refractivity contribution in [3.05, 3.63) is 65.9 Å². The molecule has 44 heavy (non-hydrogen) atoms. The van der Waals surface area contributed by atoms with Crippen LogP contribution in [0.5, 0.6) is 6.01 Å². The Balaban J connectivity index is 1.28. The van der Waals surface area contributed by atoms with Crippen LogP contribution in [0.4, 0.5) is 11.5 Å². The molecule has 2 fully saturated rings. The second-order valence-corrected chi connectivity index (χ2v) is 11.7. The topological polar surface area (TPSA) is 98.1 Å². The summed E-state index contributed by atoms with van der Waals surface area (Å²) in [5.41, 5.74) is 4.56. The van der Waals surface area contributed by atoms with Gasteiger partial charge in [0, 0.05) is 62.5 Å². The standard InChI is InChI=1S/C34H41N7O3/c1-3-31(42)41-17-16-40(23-27(41)11-13-35)33-28-12-15-39(30-10-5-9-26-8-4-7-25(2)32(26)30)24-29(28)36-34(37-33)44-20-6-14-38-18-21-43-22-19-38/h3-5,7-10,27H,1,6,11-12,14-24H2,2H3/t27-/m0/s1. The molecular formula is C34H41N7O3. The van der Waals surface area contributed by atoms with Crippen molar-refractivity contribution < 1.29 is 14.3 Å². The van der Waals surface area contributed by atoms with Crippen molar-refractivity contribution in [3.8, 4) is 12.1 Å². The Morgan fingerprint density at radius 1 is 1.11 bits per heavy atom. The van der Waals surface area contributed by atoms with Crippen LogP contribution in [0.1, 0.15) is 29.7 Å². The molecule has 0 radical (unpaired) electrons. The van der Waals surface area contributed by atoms with E-state index in [0.29, 0.717) is 38.8 Å². The van der Waals surface area contributed by atoms with E-state index in [9.17, 15) is 10.1 Å². The number of benzene rings is 2. The fraction of sp³-hybridized carbons (Fsp3) is 0.471. The molecule has 6 rings (SSSR count). The smallest absolute Gasteiger partial charge is 0.318 e. The lowest BCUT2D eigenvalue weighted by atomic mass is 9.99. The van der Waals surface area contributed by atoms with Crippen LogP contribution < -0.4 is 14.5 Å². The summed E-state index contributed by atoms with van der Waals surface area (Å²) in [5, 5.41) is 12.0. The van der Waals surface area contributed by atoms with E-state index in [1.54, 1.807) is 4.90 Å². The third-order valence-electron chi connectivity index (χ3n) is 8.97. The van der Waals surface area contributed by atoms with Crippen LogP contribution in [0.3, 0.4) is 0 Å². The highest BCUT2D eigenvalue weighted by Crippen LogP contribution is 2.36. The lowest BCUT2D eigenvalue weighted by Crippen LogP contribution is -2.55. The molecule has 230 valence electrons. The normalized spacial score (nSPS) is 19.0. The van der Waals surface area contributed by atoms with E-state index in [4.69, 9.17) is 19.4 Å². The van der Waals surface area contributed by atoms with Gasteiger partial charge in [0.25, 0.3) is 0 Å². The molecule has 2 saturated heterocycles. The summed E-state index contributed by atoms with van der Waals surface area (Å²) >= 11 is 0. The summed E-state index contributed by atoms with van der Waals surface area (Å²) in [7, 11) is 0. The Hall–Kier alpha value is -4.20. The van der Waals surface area contributed by atoms with Gasteiger partial charge in [-0.05, 0) is 42.9 Å². The number of aromatic nitrogens is 2. The number of morpholine rings is 1. The molecule has 0 saturated carbocycles. The number of anilines is 2. The molecule has 3 aliphatic heterocycles. The number of hydrogen-bond donors (Lipinski definition) is 0. The Morgan fingerprint density at radius 2 is 1.93 bits per heavy atom. The SMILES string of the molecule is C=CC(=O)N1CCN(c2nc(OCCCN3CCOCC3)nc3c2CCN(c2cccc4cccc(C)c24)C3)C[C@@H]1CC#N. The molecule has 0 aliphatic carbocycles. The van der Waals surface area contributed by atoms with Crippen molar-refractivity contribution in [2.24, 2.45) is 0 Å². The average Bonchev–Trinajstić information content (AvgIpc) is 3.06. The molecule has 1 atom stereocenters. The van der Waals surface area contributed by atoms with E-state index in [0.717, 1.165) is 69.3 Å². The largest absolute Gasteiger partial charge is 0.463 e. The molecule has 10 heteroatoms. The third kappa shape index (κ3) is 6.35. The predicted octanol–water partition coefficient (Wildman–Crippen LogP) is 3.72. The van der Waals surface area contributed by atoms with Gasteiger partial charge in [0.1, 0.15) is 5.82 Å². The van der Waals surface area contributed by atoms with Gasteiger partial charge in [-0.25, -0.2) is 0 Å². The van der Waals surface area contributed by atoms with E-state index in [1.807, 2.05) is 0 Å². The molecule has 1 aromatic heterocycles. The van der Waals surface area contributed by atoms with E-state index in [-0.39, 0.29) is 18.4 Å². The molecule has 4 heterocycles. The summed E-state index contributed by atoms with van der Waals surface area (Å²) in [6, 6.07) is 15.4. The summed E-state index contributed by atoms with van der Waals surface area (Å²) in [6.45, 7) is 13.9. The van der Waals surface area contributed by atoms with Gasteiger partial charge in [0.15, 0.2) is 0 Å². The summed E-state index contributed by atoms with van der Waals surface area (Å²) in [4.78, 5) is 31.3. The molecule has 10 nitrogen and oxygen atoms in total.